The minimum absolute atomic E-state index is 0.299. The van der Waals surface area contributed by atoms with Crippen LogP contribution in [0.4, 0.5) is 0 Å². The van der Waals surface area contributed by atoms with E-state index in [0.29, 0.717) is 5.69 Å². The number of nitrogens with zero attached hydrogens (tertiary/aromatic N) is 3. The molecule has 4 rings (SSSR count). The van der Waals surface area contributed by atoms with Gasteiger partial charge in [-0.3, -0.25) is 9.58 Å². The Labute approximate surface area is 147 Å². The number of aryl methyl sites for hydroxylation is 2. The standard InChI is InChI=1S/C19H25N3O3/c1-25-19-8-14-4-2-3-13(14)7-15(19)10-21-5-6-22-16(11-21)9-17(20-22)18(24)12-23/h7-9,18,23-24H,2-6,10-12H2,1H3/t18-/m0/s1. The van der Waals surface area contributed by atoms with Gasteiger partial charge in [-0.15, -0.1) is 0 Å². The average molecular weight is 343 g/mol. The molecule has 0 amide bonds. The van der Waals surface area contributed by atoms with E-state index in [0.717, 1.165) is 44.0 Å². The summed E-state index contributed by atoms with van der Waals surface area (Å²) in [6.07, 6.45) is 2.66. The van der Waals surface area contributed by atoms with E-state index in [1.165, 1.54) is 29.5 Å². The summed E-state index contributed by atoms with van der Waals surface area (Å²) >= 11 is 0. The molecule has 1 aromatic carbocycles. The van der Waals surface area contributed by atoms with Crippen molar-refractivity contribution in [2.45, 2.75) is 45.0 Å². The molecular weight excluding hydrogens is 318 g/mol. The lowest BCUT2D eigenvalue weighted by atomic mass is 10.0. The highest BCUT2D eigenvalue weighted by atomic mass is 16.5. The van der Waals surface area contributed by atoms with Crippen LogP contribution in [0, 0.1) is 0 Å². The molecule has 2 aromatic rings. The maximum absolute atomic E-state index is 9.78. The Hall–Kier alpha value is -1.89. The lowest BCUT2D eigenvalue weighted by Gasteiger charge is -2.28. The van der Waals surface area contributed by atoms with Gasteiger partial charge in [0.15, 0.2) is 0 Å². The molecule has 1 atom stereocenters. The number of aliphatic hydroxyl groups is 2. The summed E-state index contributed by atoms with van der Waals surface area (Å²) in [6.45, 7) is 3.03. The highest BCUT2D eigenvalue weighted by Gasteiger charge is 2.23. The molecule has 1 aliphatic carbocycles. The fourth-order valence-electron chi connectivity index (χ4n) is 3.94. The third-order valence-corrected chi connectivity index (χ3v) is 5.30. The number of aliphatic hydroxyl groups excluding tert-OH is 2. The zero-order valence-corrected chi connectivity index (χ0v) is 14.6. The van der Waals surface area contributed by atoms with Gasteiger partial charge in [-0.2, -0.15) is 5.10 Å². The van der Waals surface area contributed by atoms with E-state index < -0.39 is 6.10 Å². The Bertz CT molecular complexity index is 772. The summed E-state index contributed by atoms with van der Waals surface area (Å²) in [7, 11) is 1.74. The highest BCUT2D eigenvalue weighted by Crippen LogP contribution is 2.31. The first-order valence-electron chi connectivity index (χ1n) is 8.94. The van der Waals surface area contributed by atoms with Crippen LogP contribution in [0.25, 0.3) is 0 Å². The molecular formula is C19H25N3O3. The molecule has 0 fully saturated rings. The molecule has 0 bridgehead atoms. The summed E-state index contributed by atoms with van der Waals surface area (Å²) in [5.41, 5.74) is 5.77. The molecule has 0 saturated carbocycles. The summed E-state index contributed by atoms with van der Waals surface area (Å²) in [4.78, 5) is 2.38. The number of ether oxygens (including phenoxy) is 1. The number of aromatic nitrogens is 2. The Morgan fingerprint density at radius 2 is 2.00 bits per heavy atom. The van der Waals surface area contributed by atoms with E-state index in [-0.39, 0.29) is 6.61 Å². The Balaban J connectivity index is 1.52. The summed E-state index contributed by atoms with van der Waals surface area (Å²) in [5.74, 6) is 0.983. The van der Waals surface area contributed by atoms with Crippen LogP contribution in [-0.4, -0.2) is 45.2 Å². The predicted octanol–water partition coefficient (Wildman–Crippen LogP) is 1.42. The van der Waals surface area contributed by atoms with Crippen LogP contribution < -0.4 is 4.74 Å². The van der Waals surface area contributed by atoms with E-state index in [1.807, 2.05) is 10.7 Å². The molecule has 2 N–H and O–H groups in total. The molecule has 6 nitrogen and oxygen atoms in total. The largest absolute Gasteiger partial charge is 0.496 e. The molecule has 6 heteroatoms. The summed E-state index contributed by atoms with van der Waals surface area (Å²) in [6, 6.07) is 6.42. The van der Waals surface area contributed by atoms with E-state index in [1.54, 1.807) is 7.11 Å². The molecule has 2 aliphatic rings. The van der Waals surface area contributed by atoms with E-state index in [2.05, 4.69) is 22.1 Å². The van der Waals surface area contributed by atoms with Gasteiger partial charge in [-0.1, -0.05) is 6.07 Å². The van der Waals surface area contributed by atoms with Crippen molar-refractivity contribution >= 4 is 0 Å². The van der Waals surface area contributed by atoms with Crippen molar-refractivity contribution in [1.29, 1.82) is 0 Å². The second-order valence-electron chi connectivity index (χ2n) is 6.98. The van der Waals surface area contributed by atoms with Gasteiger partial charge in [0.2, 0.25) is 0 Å². The number of fused-ring (bicyclic) bond motifs is 2. The molecule has 134 valence electrons. The molecule has 1 aliphatic heterocycles. The minimum atomic E-state index is -0.900. The van der Waals surface area contributed by atoms with Crippen LogP contribution >= 0.6 is 0 Å². The Morgan fingerprint density at radius 3 is 2.76 bits per heavy atom. The van der Waals surface area contributed by atoms with Crippen molar-refractivity contribution in [3.63, 3.8) is 0 Å². The first kappa shape index (κ1) is 16.6. The lowest BCUT2D eigenvalue weighted by Crippen LogP contribution is -2.33. The summed E-state index contributed by atoms with van der Waals surface area (Å²) in [5, 5.41) is 23.3. The monoisotopic (exact) mass is 343 g/mol. The van der Waals surface area contributed by atoms with Gasteiger partial charge >= 0.3 is 0 Å². The number of benzene rings is 1. The van der Waals surface area contributed by atoms with Gasteiger partial charge in [-0.05, 0) is 42.5 Å². The van der Waals surface area contributed by atoms with Crippen molar-refractivity contribution < 1.29 is 14.9 Å². The molecule has 0 unspecified atom stereocenters. The number of rotatable bonds is 5. The SMILES string of the molecule is COc1cc2c(cc1CN1CCn3nc([C@@H](O)CO)cc3C1)CCC2. The second-order valence-corrected chi connectivity index (χ2v) is 6.98. The first-order valence-corrected chi connectivity index (χ1v) is 8.94. The zero-order chi connectivity index (χ0) is 17.4. The fraction of sp³-hybridized carbons (Fsp3) is 0.526. The van der Waals surface area contributed by atoms with Crippen molar-refractivity contribution in [1.82, 2.24) is 14.7 Å². The first-order chi connectivity index (χ1) is 12.2. The van der Waals surface area contributed by atoms with Gasteiger partial charge < -0.3 is 14.9 Å². The normalized spacial score (nSPS) is 18.0. The topological polar surface area (TPSA) is 70.8 Å². The maximum Gasteiger partial charge on any atom is 0.123 e. The Morgan fingerprint density at radius 1 is 1.20 bits per heavy atom. The van der Waals surface area contributed by atoms with E-state index in [4.69, 9.17) is 9.84 Å². The minimum Gasteiger partial charge on any atom is -0.496 e. The van der Waals surface area contributed by atoms with E-state index in [9.17, 15) is 5.11 Å². The van der Waals surface area contributed by atoms with Gasteiger partial charge in [-0.25, -0.2) is 0 Å². The van der Waals surface area contributed by atoms with Gasteiger partial charge in [0.1, 0.15) is 11.9 Å². The second kappa shape index (κ2) is 6.78. The quantitative estimate of drug-likeness (QED) is 0.859. The molecule has 0 radical (unpaired) electrons. The van der Waals surface area contributed by atoms with Gasteiger partial charge in [0.05, 0.1) is 31.6 Å². The third-order valence-electron chi connectivity index (χ3n) is 5.30. The average Bonchev–Trinajstić information content (AvgIpc) is 3.25. The lowest BCUT2D eigenvalue weighted by molar-refractivity contribution is 0.0915. The smallest absolute Gasteiger partial charge is 0.123 e. The van der Waals surface area contributed by atoms with Crippen LogP contribution in [0.1, 0.15) is 40.6 Å². The number of methoxy groups -OCH3 is 1. The van der Waals surface area contributed by atoms with Crippen molar-refractivity contribution in [2.24, 2.45) is 0 Å². The van der Waals surface area contributed by atoms with Crippen LogP contribution in [0.2, 0.25) is 0 Å². The van der Waals surface area contributed by atoms with Crippen LogP contribution in [0.3, 0.4) is 0 Å². The van der Waals surface area contributed by atoms with E-state index >= 15 is 0 Å². The zero-order valence-electron chi connectivity index (χ0n) is 14.6. The number of hydrogen-bond donors (Lipinski definition) is 2. The predicted molar refractivity (Wildman–Crippen MR) is 93.4 cm³/mol. The molecule has 25 heavy (non-hydrogen) atoms. The van der Waals surface area contributed by atoms with Crippen molar-refractivity contribution in [2.75, 3.05) is 20.3 Å². The van der Waals surface area contributed by atoms with Crippen LogP contribution in [0.5, 0.6) is 5.75 Å². The Kier molecular flexibility index (Phi) is 4.50. The molecule has 0 saturated heterocycles. The maximum atomic E-state index is 9.78. The molecule has 1 aromatic heterocycles. The van der Waals surface area contributed by atoms with Crippen molar-refractivity contribution in [3.05, 3.63) is 46.3 Å². The summed E-state index contributed by atoms with van der Waals surface area (Å²) < 4.78 is 7.56. The third kappa shape index (κ3) is 3.17. The van der Waals surface area contributed by atoms with Gasteiger partial charge in [0.25, 0.3) is 0 Å². The highest BCUT2D eigenvalue weighted by molar-refractivity contribution is 5.44. The van der Waals surface area contributed by atoms with Crippen molar-refractivity contribution in [3.8, 4) is 5.75 Å². The van der Waals surface area contributed by atoms with Crippen LogP contribution in [-0.2, 0) is 32.5 Å². The molecule has 0 spiro atoms. The molecule has 2 heterocycles. The van der Waals surface area contributed by atoms with Gasteiger partial charge in [0, 0.05) is 25.2 Å². The van der Waals surface area contributed by atoms with Crippen LogP contribution in [0.15, 0.2) is 18.2 Å². The number of hydrogen-bond acceptors (Lipinski definition) is 5. The fourth-order valence-corrected chi connectivity index (χ4v) is 3.94.